The SMILES string of the molecule is O=C(CCc1ccsc1)N1CCN(S(=O)(=O)c2ccc(F)cc2F)CC1. The Labute approximate surface area is 154 Å². The van der Waals surface area contributed by atoms with Gasteiger partial charge in [-0.1, -0.05) is 0 Å². The molecule has 3 rings (SSSR count). The molecule has 9 heteroatoms. The number of hydrogen-bond donors (Lipinski definition) is 0. The number of aryl methyl sites for hydroxylation is 1. The van der Waals surface area contributed by atoms with E-state index in [-0.39, 0.29) is 32.1 Å². The van der Waals surface area contributed by atoms with E-state index in [1.54, 1.807) is 16.2 Å². The molecule has 2 aromatic rings. The summed E-state index contributed by atoms with van der Waals surface area (Å²) in [5.41, 5.74) is 1.11. The van der Waals surface area contributed by atoms with E-state index in [2.05, 4.69) is 0 Å². The maximum absolute atomic E-state index is 13.8. The number of rotatable bonds is 5. The summed E-state index contributed by atoms with van der Waals surface area (Å²) in [6.45, 7) is 0.682. The Bertz CT molecular complexity index is 877. The van der Waals surface area contributed by atoms with Crippen LogP contribution in [-0.2, 0) is 21.2 Å². The molecule has 1 amide bonds. The third kappa shape index (κ3) is 4.11. The summed E-state index contributed by atoms with van der Waals surface area (Å²) < 4.78 is 53.0. The molecule has 0 bridgehead atoms. The number of amides is 1. The van der Waals surface area contributed by atoms with Crippen molar-refractivity contribution in [2.24, 2.45) is 0 Å². The van der Waals surface area contributed by atoms with Crippen molar-refractivity contribution in [3.05, 3.63) is 52.2 Å². The zero-order valence-electron chi connectivity index (χ0n) is 13.9. The normalized spacial score (nSPS) is 16.0. The minimum absolute atomic E-state index is 0.0267. The summed E-state index contributed by atoms with van der Waals surface area (Å²) in [5, 5.41) is 3.95. The molecule has 0 spiro atoms. The summed E-state index contributed by atoms with van der Waals surface area (Å²) in [6, 6.07) is 4.37. The molecule has 1 aromatic carbocycles. The first-order valence-corrected chi connectivity index (χ1v) is 10.5. The second kappa shape index (κ2) is 7.81. The fourth-order valence-corrected chi connectivity index (χ4v) is 5.02. The third-order valence-corrected chi connectivity index (χ3v) is 6.97. The molecule has 0 atom stereocenters. The van der Waals surface area contributed by atoms with Crippen molar-refractivity contribution in [1.29, 1.82) is 0 Å². The van der Waals surface area contributed by atoms with E-state index in [1.807, 2.05) is 16.8 Å². The number of benzene rings is 1. The summed E-state index contributed by atoms with van der Waals surface area (Å²) in [4.78, 5) is 13.4. The molecule has 1 aliphatic heterocycles. The zero-order chi connectivity index (χ0) is 18.7. The first-order chi connectivity index (χ1) is 12.4. The van der Waals surface area contributed by atoms with Gasteiger partial charge in [-0.3, -0.25) is 4.79 Å². The van der Waals surface area contributed by atoms with Crippen LogP contribution in [0.1, 0.15) is 12.0 Å². The van der Waals surface area contributed by atoms with Crippen molar-refractivity contribution < 1.29 is 22.0 Å². The first-order valence-electron chi connectivity index (χ1n) is 8.12. The van der Waals surface area contributed by atoms with E-state index in [9.17, 15) is 22.0 Å². The number of halogens is 2. The third-order valence-electron chi connectivity index (χ3n) is 4.31. The van der Waals surface area contributed by atoms with Gasteiger partial charge in [0.1, 0.15) is 16.5 Å². The van der Waals surface area contributed by atoms with Crippen LogP contribution in [0.2, 0.25) is 0 Å². The average Bonchev–Trinajstić information content (AvgIpc) is 3.13. The predicted octanol–water partition coefficient (Wildman–Crippen LogP) is 2.49. The van der Waals surface area contributed by atoms with Gasteiger partial charge < -0.3 is 4.90 Å². The molecular formula is C17H18F2N2O3S2. The lowest BCUT2D eigenvalue weighted by Gasteiger charge is -2.34. The lowest BCUT2D eigenvalue weighted by molar-refractivity contribution is -0.132. The number of piperazine rings is 1. The van der Waals surface area contributed by atoms with Gasteiger partial charge in [-0.15, -0.1) is 0 Å². The predicted molar refractivity (Wildman–Crippen MR) is 94.3 cm³/mol. The minimum Gasteiger partial charge on any atom is -0.340 e. The number of carbonyl (C=O) groups excluding carboxylic acids is 1. The van der Waals surface area contributed by atoms with Crippen LogP contribution in [0.15, 0.2) is 39.9 Å². The summed E-state index contributed by atoms with van der Waals surface area (Å²) in [5.74, 6) is -1.97. The summed E-state index contributed by atoms with van der Waals surface area (Å²) in [6.07, 6.45) is 1.03. The van der Waals surface area contributed by atoms with Crippen LogP contribution < -0.4 is 0 Å². The molecule has 1 aromatic heterocycles. The Kier molecular flexibility index (Phi) is 5.69. The lowest BCUT2D eigenvalue weighted by atomic mass is 10.1. The molecule has 5 nitrogen and oxygen atoms in total. The van der Waals surface area contributed by atoms with Gasteiger partial charge in [-0.2, -0.15) is 15.6 Å². The average molecular weight is 400 g/mol. The van der Waals surface area contributed by atoms with Gasteiger partial charge in [0.05, 0.1) is 0 Å². The molecule has 0 saturated carbocycles. The maximum atomic E-state index is 13.8. The number of hydrogen-bond acceptors (Lipinski definition) is 4. The molecule has 0 N–H and O–H groups in total. The van der Waals surface area contributed by atoms with E-state index >= 15 is 0 Å². The smallest absolute Gasteiger partial charge is 0.246 e. The van der Waals surface area contributed by atoms with Crippen molar-refractivity contribution >= 4 is 27.3 Å². The van der Waals surface area contributed by atoms with E-state index in [4.69, 9.17) is 0 Å². The second-order valence-corrected chi connectivity index (χ2v) is 8.68. The first kappa shape index (κ1) is 18.9. The van der Waals surface area contributed by atoms with Crippen molar-refractivity contribution in [2.45, 2.75) is 17.7 Å². The monoisotopic (exact) mass is 400 g/mol. The highest BCUT2D eigenvalue weighted by atomic mass is 32.2. The van der Waals surface area contributed by atoms with Crippen LogP contribution in [-0.4, -0.2) is 49.7 Å². The number of nitrogens with zero attached hydrogens (tertiary/aromatic N) is 2. The van der Waals surface area contributed by atoms with E-state index in [0.29, 0.717) is 18.9 Å². The van der Waals surface area contributed by atoms with Gasteiger partial charge in [-0.05, 0) is 40.9 Å². The van der Waals surface area contributed by atoms with Crippen molar-refractivity contribution in [1.82, 2.24) is 9.21 Å². The second-order valence-electron chi connectivity index (χ2n) is 5.99. The van der Waals surface area contributed by atoms with Gasteiger partial charge in [0.25, 0.3) is 0 Å². The van der Waals surface area contributed by atoms with Gasteiger partial charge in [0, 0.05) is 38.7 Å². The largest absolute Gasteiger partial charge is 0.340 e. The molecular weight excluding hydrogens is 382 g/mol. The van der Waals surface area contributed by atoms with Crippen LogP contribution in [0.4, 0.5) is 8.78 Å². The maximum Gasteiger partial charge on any atom is 0.246 e. The van der Waals surface area contributed by atoms with E-state index < -0.39 is 26.6 Å². The zero-order valence-corrected chi connectivity index (χ0v) is 15.5. The Morgan fingerprint density at radius 3 is 2.46 bits per heavy atom. The highest BCUT2D eigenvalue weighted by molar-refractivity contribution is 7.89. The highest BCUT2D eigenvalue weighted by Gasteiger charge is 2.31. The molecule has 1 fully saturated rings. The van der Waals surface area contributed by atoms with Gasteiger partial charge >= 0.3 is 0 Å². The Morgan fingerprint density at radius 1 is 1.12 bits per heavy atom. The van der Waals surface area contributed by atoms with Gasteiger partial charge in [0.2, 0.25) is 15.9 Å². The van der Waals surface area contributed by atoms with Crippen LogP contribution >= 0.6 is 11.3 Å². The Hall–Kier alpha value is -1.84. The summed E-state index contributed by atoms with van der Waals surface area (Å²) >= 11 is 1.58. The Morgan fingerprint density at radius 2 is 1.85 bits per heavy atom. The molecule has 26 heavy (non-hydrogen) atoms. The molecule has 1 aliphatic rings. The highest BCUT2D eigenvalue weighted by Crippen LogP contribution is 2.21. The topological polar surface area (TPSA) is 57.7 Å². The number of carbonyl (C=O) groups is 1. The lowest BCUT2D eigenvalue weighted by Crippen LogP contribution is -2.50. The molecule has 2 heterocycles. The Balaban J connectivity index is 1.59. The van der Waals surface area contributed by atoms with Crippen LogP contribution in [0, 0.1) is 11.6 Å². The number of sulfonamides is 1. The number of thiophene rings is 1. The molecule has 140 valence electrons. The fraction of sp³-hybridized carbons (Fsp3) is 0.353. The van der Waals surface area contributed by atoms with Crippen LogP contribution in [0.3, 0.4) is 0 Å². The van der Waals surface area contributed by atoms with Crippen molar-refractivity contribution in [3.63, 3.8) is 0 Å². The van der Waals surface area contributed by atoms with Crippen molar-refractivity contribution in [3.8, 4) is 0 Å². The van der Waals surface area contributed by atoms with Gasteiger partial charge in [0.15, 0.2) is 0 Å². The molecule has 0 radical (unpaired) electrons. The standard InChI is InChI=1S/C17H18F2N2O3S2/c18-14-2-3-16(15(19)11-14)26(23,24)21-8-6-20(7-9-21)17(22)4-1-13-5-10-25-12-13/h2-3,5,10-12H,1,4,6-9H2. The fourth-order valence-electron chi connectivity index (χ4n) is 2.85. The quantitative estimate of drug-likeness (QED) is 0.775. The molecule has 0 unspecified atom stereocenters. The summed E-state index contributed by atoms with van der Waals surface area (Å²) in [7, 11) is -4.05. The molecule has 0 aliphatic carbocycles. The minimum atomic E-state index is -4.05. The van der Waals surface area contributed by atoms with Crippen molar-refractivity contribution in [2.75, 3.05) is 26.2 Å². The van der Waals surface area contributed by atoms with E-state index in [1.165, 1.54) is 0 Å². The van der Waals surface area contributed by atoms with Crippen LogP contribution in [0.25, 0.3) is 0 Å². The molecule has 1 saturated heterocycles. The van der Waals surface area contributed by atoms with Crippen LogP contribution in [0.5, 0.6) is 0 Å². The van der Waals surface area contributed by atoms with Gasteiger partial charge in [-0.25, -0.2) is 17.2 Å². The van der Waals surface area contributed by atoms with E-state index in [0.717, 1.165) is 22.0 Å².